The van der Waals surface area contributed by atoms with Crippen LogP contribution in [-0.2, 0) is 46.2 Å². The van der Waals surface area contributed by atoms with Crippen molar-refractivity contribution in [2.45, 2.75) is 86.3 Å². The maximum atomic E-state index is 14.1. The number of carboxylic acid groups (broad SMARTS) is 1. The van der Waals surface area contributed by atoms with E-state index in [4.69, 9.17) is 23.7 Å². The molecule has 19 nitrogen and oxygen atoms in total. The Bertz CT molecular complexity index is 2540. The molecule has 3 aromatic carbocycles. The van der Waals surface area contributed by atoms with Crippen LogP contribution in [0.1, 0.15) is 74.4 Å². The number of thioether (sulfide) groups is 1. The van der Waals surface area contributed by atoms with Crippen molar-refractivity contribution in [3.63, 3.8) is 0 Å². The van der Waals surface area contributed by atoms with Crippen LogP contribution in [0.3, 0.4) is 0 Å². The number of carboxylic acids is 1. The highest BCUT2D eigenvalue weighted by molar-refractivity contribution is 8.03. The molecule has 2 amide bonds. The summed E-state index contributed by atoms with van der Waals surface area (Å²) < 4.78 is 29.5. The molecule has 2 aliphatic carbocycles. The molecule has 3 aromatic rings. The number of carbonyl (C=O) groups excluding carboxylic acids is 5. The molecular formula is C45H45N3O16S. The third-order valence-corrected chi connectivity index (χ3v) is 14.2. The SMILES string of the molecule is COc1cccc2c1C(=O)c1c(O)c3c(c(O)c1C2=O)C[C@@](O)(C(=O)CO)C[C@@H]3OC1CC2C(OCN2C(=O)OCC2=CS[C@@H]3[C@H](NCCc4ccccc4)C(=O)N3C2C(=O)O)C(C)O1. The molecular weight excluding hydrogens is 871 g/mol. The average Bonchev–Trinajstić information content (AvgIpc) is 3.73. The number of nitrogens with zero attached hydrogens (tertiary/aromatic N) is 2. The van der Waals surface area contributed by atoms with E-state index in [1.807, 2.05) is 30.3 Å². The van der Waals surface area contributed by atoms with Crippen LogP contribution in [0.25, 0.3) is 0 Å². The van der Waals surface area contributed by atoms with Gasteiger partial charge in [-0.2, -0.15) is 0 Å². The zero-order chi connectivity index (χ0) is 46.1. The van der Waals surface area contributed by atoms with Gasteiger partial charge < -0.3 is 59.4 Å². The summed E-state index contributed by atoms with van der Waals surface area (Å²) in [5.41, 5.74) is -2.87. The number of hydrogen-bond donors (Lipinski definition) is 6. The van der Waals surface area contributed by atoms with Crippen LogP contribution in [0.5, 0.6) is 17.2 Å². The number of ether oxygens (including phenoxy) is 5. The van der Waals surface area contributed by atoms with Crippen molar-refractivity contribution in [3.8, 4) is 17.2 Å². The first-order valence-electron chi connectivity index (χ1n) is 20.9. The number of Topliss-reactive ketones (excluding diaryl/α,β-unsaturated/α-hetero) is 1. The molecule has 0 bridgehead atoms. The van der Waals surface area contributed by atoms with E-state index in [9.17, 15) is 54.3 Å². The van der Waals surface area contributed by atoms with Gasteiger partial charge in [-0.15, -0.1) is 11.8 Å². The molecule has 0 aromatic heterocycles. The lowest BCUT2D eigenvalue weighted by molar-refractivity contribution is -0.246. The van der Waals surface area contributed by atoms with Crippen LogP contribution in [0.2, 0.25) is 0 Å². The fourth-order valence-electron chi connectivity index (χ4n) is 9.81. The van der Waals surface area contributed by atoms with Crippen molar-refractivity contribution in [2.75, 3.05) is 33.6 Å². The highest BCUT2D eigenvalue weighted by Gasteiger charge is 2.56. The fourth-order valence-corrected chi connectivity index (χ4v) is 11.0. The summed E-state index contributed by atoms with van der Waals surface area (Å²) in [6.07, 6.45) is -5.71. The van der Waals surface area contributed by atoms with Gasteiger partial charge in [-0.1, -0.05) is 42.5 Å². The summed E-state index contributed by atoms with van der Waals surface area (Å²) in [4.78, 5) is 83.1. The van der Waals surface area contributed by atoms with Crippen molar-refractivity contribution in [1.29, 1.82) is 0 Å². The molecule has 6 N–H and O–H groups in total. The number of fused-ring (bicyclic) bond motifs is 5. The Morgan fingerprint density at radius 2 is 1.75 bits per heavy atom. The summed E-state index contributed by atoms with van der Waals surface area (Å²) in [6.45, 7) is 0.372. The second-order valence-electron chi connectivity index (χ2n) is 16.7. The molecule has 65 heavy (non-hydrogen) atoms. The largest absolute Gasteiger partial charge is 0.507 e. The topological polar surface area (TPSA) is 268 Å². The van der Waals surface area contributed by atoms with E-state index in [0.29, 0.717) is 13.0 Å². The first-order valence-corrected chi connectivity index (χ1v) is 21.9. The van der Waals surface area contributed by atoms with E-state index in [2.05, 4.69) is 5.32 Å². The number of phenols is 2. The normalized spacial score (nSPS) is 28.8. The molecule has 3 saturated heterocycles. The van der Waals surface area contributed by atoms with Gasteiger partial charge in [0.05, 0.1) is 42.0 Å². The Labute approximate surface area is 374 Å². The smallest absolute Gasteiger partial charge is 0.412 e. The molecule has 0 radical (unpaired) electrons. The Kier molecular flexibility index (Phi) is 11.7. The second-order valence-corrected chi connectivity index (χ2v) is 17.7. The van der Waals surface area contributed by atoms with Crippen LogP contribution in [0.4, 0.5) is 4.79 Å². The number of aromatic hydroxyl groups is 2. The molecule has 3 fully saturated rings. The minimum Gasteiger partial charge on any atom is -0.507 e. The lowest BCUT2D eigenvalue weighted by Gasteiger charge is -2.51. The molecule has 6 aliphatic rings. The van der Waals surface area contributed by atoms with E-state index in [1.165, 1.54) is 46.9 Å². The van der Waals surface area contributed by atoms with Gasteiger partial charge in [0.2, 0.25) is 11.7 Å². The number of aliphatic hydroxyl groups is 2. The number of nitrogens with one attached hydrogen (secondary N) is 1. The number of aliphatic hydroxyl groups excluding tert-OH is 1. The Morgan fingerprint density at radius 3 is 2.48 bits per heavy atom. The van der Waals surface area contributed by atoms with Crippen molar-refractivity contribution in [3.05, 3.63) is 98.5 Å². The zero-order valence-corrected chi connectivity index (χ0v) is 35.8. The molecule has 4 heterocycles. The van der Waals surface area contributed by atoms with Gasteiger partial charge in [0.25, 0.3) is 0 Å². The summed E-state index contributed by atoms with van der Waals surface area (Å²) in [5.74, 6) is -5.82. The van der Waals surface area contributed by atoms with Crippen LogP contribution < -0.4 is 10.1 Å². The molecule has 342 valence electrons. The number of phenolic OH excluding ortho intramolecular Hbond substituents is 2. The summed E-state index contributed by atoms with van der Waals surface area (Å²) in [5, 5.41) is 59.7. The molecule has 4 aliphatic heterocycles. The van der Waals surface area contributed by atoms with Crippen LogP contribution >= 0.6 is 11.8 Å². The summed E-state index contributed by atoms with van der Waals surface area (Å²) in [7, 11) is 1.30. The van der Waals surface area contributed by atoms with E-state index < -0.39 is 132 Å². The maximum absolute atomic E-state index is 14.1. The van der Waals surface area contributed by atoms with E-state index in [-0.39, 0.29) is 52.6 Å². The number of benzene rings is 3. The van der Waals surface area contributed by atoms with E-state index in [1.54, 1.807) is 12.3 Å². The predicted molar refractivity (Wildman–Crippen MR) is 224 cm³/mol. The van der Waals surface area contributed by atoms with Crippen molar-refractivity contribution >= 4 is 47.1 Å². The standard InChI is InChI=1S/C45H45N3O16S/c1-20-40-25(47(19-62-40)44(58)61-17-22-18-65-42-34(41(55)48(42)35(22)43(56)57)46-12-11-21-7-4-3-5-8-21)13-29(63-20)64-27-15-45(59,28(50)16-49)14-24-31(27)39(54)33-32(37(24)52)36(51)23-9-6-10-26(60-2)30(23)38(33)53/h3-10,18,20,25,27,29,34-35,40,42,46,49,52,54,59H,11-17,19H2,1-2H3,(H,56,57)/t20?,25?,27-,29?,34+,35?,40?,42+,45-/m0/s1. The minimum absolute atomic E-state index is 0.0483. The third-order valence-electron chi connectivity index (χ3n) is 13.0. The van der Waals surface area contributed by atoms with Gasteiger partial charge in [0, 0.05) is 48.1 Å². The van der Waals surface area contributed by atoms with Gasteiger partial charge in [-0.05, 0) is 30.4 Å². The summed E-state index contributed by atoms with van der Waals surface area (Å²) >= 11 is 1.25. The highest BCUT2D eigenvalue weighted by atomic mass is 32.2. The van der Waals surface area contributed by atoms with Gasteiger partial charge >= 0.3 is 12.1 Å². The fraction of sp³-hybridized carbons (Fsp3) is 0.422. The van der Waals surface area contributed by atoms with E-state index >= 15 is 0 Å². The first kappa shape index (κ1) is 44.3. The molecule has 9 rings (SSSR count). The number of β-lactam (4-membered cyclic amide) rings is 1. The Morgan fingerprint density at radius 1 is 1.00 bits per heavy atom. The molecule has 20 heteroatoms. The molecule has 0 spiro atoms. The van der Waals surface area contributed by atoms with Gasteiger partial charge in [-0.25, -0.2) is 9.59 Å². The number of rotatable bonds is 12. The molecule has 5 unspecified atom stereocenters. The lowest BCUT2D eigenvalue weighted by Crippen LogP contribution is -2.73. The average molecular weight is 916 g/mol. The minimum atomic E-state index is -2.37. The predicted octanol–water partition coefficient (Wildman–Crippen LogP) is 1.93. The van der Waals surface area contributed by atoms with Gasteiger partial charge in [0.15, 0.2) is 23.9 Å². The second kappa shape index (κ2) is 17.2. The van der Waals surface area contributed by atoms with Crippen molar-refractivity contribution in [2.24, 2.45) is 0 Å². The van der Waals surface area contributed by atoms with Crippen molar-refractivity contribution < 1.29 is 78.0 Å². The lowest BCUT2D eigenvalue weighted by atomic mass is 9.72. The number of carbonyl (C=O) groups is 6. The summed E-state index contributed by atoms with van der Waals surface area (Å²) in [6, 6.07) is 11.3. The zero-order valence-electron chi connectivity index (χ0n) is 35.0. The first-order chi connectivity index (χ1) is 31.2. The third kappa shape index (κ3) is 7.42. The number of amides is 2. The number of aliphatic carboxylic acids is 1. The highest BCUT2D eigenvalue weighted by Crippen LogP contribution is 2.53. The molecule has 0 saturated carbocycles. The van der Waals surface area contributed by atoms with Crippen molar-refractivity contribution in [1.82, 2.24) is 15.1 Å². The van der Waals surface area contributed by atoms with Crippen LogP contribution in [0, 0.1) is 0 Å². The Hall–Kier alpha value is -5.87. The van der Waals surface area contributed by atoms with E-state index in [0.717, 1.165) is 5.56 Å². The number of methoxy groups -OCH3 is 1. The van der Waals surface area contributed by atoms with Crippen LogP contribution in [0.15, 0.2) is 59.5 Å². The number of ketones is 3. The van der Waals surface area contributed by atoms with Gasteiger partial charge in [0.1, 0.15) is 60.3 Å². The maximum Gasteiger partial charge on any atom is 0.412 e. The molecule has 9 atom stereocenters. The van der Waals surface area contributed by atoms with Crippen LogP contribution in [-0.4, -0.2) is 152 Å². The monoisotopic (exact) mass is 915 g/mol. The quantitative estimate of drug-likeness (QED) is 0.0876. The number of hydrogen-bond acceptors (Lipinski definition) is 17. The Balaban J connectivity index is 0.922. The van der Waals surface area contributed by atoms with Gasteiger partial charge in [-0.3, -0.25) is 24.1 Å².